The zero-order chi connectivity index (χ0) is 18.7. The second kappa shape index (κ2) is 7.22. The van der Waals surface area contributed by atoms with Gasteiger partial charge in [-0.05, 0) is 25.1 Å². The fourth-order valence-electron chi connectivity index (χ4n) is 2.82. The Morgan fingerprint density at radius 1 is 1.27 bits per heavy atom. The van der Waals surface area contributed by atoms with Gasteiger partial charge in [0.2, 0.25) is 5.91 Å². The SMILES string of the molecule is C[C@H]1CC(=O)Nc2ccccc2N1C(=O)COC(=O)c1cccc[n+]1[O-]. The highest BCUT2D eigenvalue weighted by Gasteiger charge is 2.30. The average molecular weight is 355 g/mol. The molecule has 26 heavy (non-hydrogen) atoms. The molecule has 2 heterocycles. The second-order valence-electron chi connectivity index (χ2n) is 5.87. The molecule has 1 aromatic heterocycles. The molecule has 0 radical (unpaired) electrons. The lowest BCUT2D eigenvalue weighted by molar-refractivity contribution is -0.608. The van der Waals surface area contributed by atoms with E-state index in [4.69, 9.17) is 4.74 Å². The number of aromatic nitrogens is 1. The molecule has 0 saturated carbocycles. The standard InChI is InChI=1S/C18H17N3O5/c1-12-10-16(22)19-13-6-2-3-7-14(13)21(12)17(23)11-26-18(24)15-8-4-5-9-20(15)25/h2-9,12H,10-11H2,1H3,(H,19,22)/t12-/m0/s1. The Balaban J connectivity index is 1.77. The van der Waals surface area contributed by atoms with Gasteiger partial charge in [-0.25, -0.2) is 4.79 Å². The Morgan fingerprint density at radius 2 is 2.00 bits per heavy atom. The summed E-state index contributed by atoms with van der Waals surface area (Å²) in [6.07, 6.45) is 1.29. The summed E-state index contributed by atoms with van der Waals surface area (Å²) < 4.78 is 5.37. The van der Waals surface area contributed by atoms with E-state index in [0.29, 0.717) is 16.1 Å². The maximum absolute atomic E-state index is 12.7. The van der Waals surface area contributed by atoms with E-state index in [9.17, 15) is 19.6 Å². The molecule has 0 unspecified atom stereocenters. The van der Waals surface area contributed by atoms with E-state index in [1.165, 1.54) is 29.3 Å². The summed E-state index contributed by atoms with van der Waals surface area (Å²) in [5.41, 5.74) is 0.842. The highest BCUT2D eigenvalue weighted by Crippen LogP contribution is 2.31. The highest BCUT2D eigenvalue weighted by molar-refractivity contribution is 6.05. The van der Waals surface area contributed by atoms with Gasteiger partial charge >= 0.3 is 11.7 Å². The van der Waals surface area contributed by atoms with E-state index in [2.05, 4.69) is 5.32 Å². The minimum Gasteiger partial charge on any atom is -0.618 e. The number of para-hydroxylation sites is 2. The van der Waals surface area contributed by atoms with Crippen molar-refractivity contribution in [1.82, 2.24) is 0 Å². The number of esters is 1. The normalized spacial score (nSPS) is 16.3. The molecule has 1 aromatic carbocycles. The summed E-state index contributed by atoms with van der Waals surface area (Å²) in [5, 5.41) is 14.3. The third-order valence-electron chi connectivity index (χ3n) is 3.99. The smallest absolute Gasteiger partial charge is 0.405 e. The third kappa shape index (κ3) is 3.49. The number of hydrogen-bond acceptors (Lipinski definition) is 5. The number of ether oxygens (including phenoxy) is 1. The van der Waals surface area contributed by atoms with E-state index in [1.54, 1.807) is 31.2 Å². The van der Waals surface area contributed by atoms with Crippen molar-refractivity contribution in [1.29, 1.82) is 0 Å². The molecule has 8 heteroatoms. The van der Waals surface area contributed by atoms with Crippen LogP contribution in [0.1, 0.15) is 23.8 Å². The molecule has 0 fully saturated rings. The molecule has 0 bridgehead atoms. The molecular formula is C18H17N3O5. The molecule has 0 spiro atoms. The summed E-state index contributed by atoms with van der Waals surface area (Å²) in [6.45, 7) is 1.20. The van der Waals surface area contributed by atoms with E-state index in [0.717, 1.165) is 0 Å². The molecule has 134 valence electrons. The lowest BCUT2D eigenvalue weighted by Gasteiger charge is -2.27. The Labute approximate surface area is 149 Å². The number of carbonyl (C=O) groups is 3. The van der Waals surface area contributed by atoms with Crippen molar-refractivity contribution >= 4 is 29.2 Å². The molecular weight excluding hydrogens is 338 g/mol. The first kappa shape index (κ1) is 17.4. The quantitative estimate of drug-likeness (QED) is 0.507. The number of amides is 2. The molecule has 0 aliphatic carbocycles. The van der Waals surface area contributed by atoms with Crippen molar-refractivity contribution in [3.63, 3.8) is 0 Å². The van der Waals surface area contributed by atoms with Gasteiger partial charge in [0, 0.05) is 24.6 Å². The summed E-state index contributed by atoms with van der Waals surface area (Å²) in [4.78, 5) is 38.1. The van der Waals surface area contributed by atoms with Crippen LogP contribution in [0.5, 0.6) is 0 Å². The minimum atomic E-state index is -0.890. The molecule has 0 saturated heterocycles. The zero-order valence-electron chi connectivity index (χ0n) is 14.0. The van der Waals surface area contributed by atoms with E-state index < -0.39 is 24.5 Å². The van der Waals surface area contributed by atoms with Crippen LogP contribution in [-0.4, -0.2) is 30.4 Å². The van der Waals surface area contributed by atoms with Crippen molar-refractivity contribution < 1.29 is 23.9 Å². The number of rotatable bonds is 3. The van der Waals surface area contributed by atoms with E-state index in [-0.39, 0.29) is 18.0 Å². The minimum absolute atomic E-state index is 0.119. The monoisotopic (exact) mass is 355 g/mol. The number of anilines is 2. The van der Waals surface area contributed by atoms with Gasteiger partial charge in [0.05, 0.1) is 11.4 Å². The van der Waals surface area contributed by atoms with Crippen molar-refractivity contribution in [3.05, 3.63) is 59.6 Å². The van der Waals surface area contributed by atoms with Crippen LogP contribution in [-0.2, 0) is 14.3 Å². The van der Waals surface area contributed by atoms with Crippen LogP contribution in [0.15, 0.2) is 48.7 Å². The Bertz CT molecular complexity index is 867. The number of fused-ring (bicyclic) bond motifs is 1. The van der Waals surface area contributed by atoms with Crippen LogP contribution in [0.25, 0.3) is 0 Å². The average Bonchev–Trinajstić information content (AvgIpc) is 2.74. The number of hydrogen-bond donors (Lipinski definition) is 1. The van der Waals surface area contributed by atoms with Crippen LogP contribution >= 0.6 is 0 Å². The number of nitrogens with one attached hydrogen (secondary N) is 1. The van der Waals surface area contributed by atoms with E-state index >= 15 is 0 Å². The fourth-order valence-corrected chi connectivity index (χ4v) is 2.82. The molecule has 3 rings (SSSR count). The van der Waals surface area contributed by atoms with Gasteiger partial charge in [0.15, 0.2) is 12.8 Å². The first-order valence-electron chi connectivity index (χ1n) is 8.03. The van der Waals surface area contributed by atoms with E-state index in [1.807, 2.05) is 0 Å². The van der Waals surface area contributed by atoms with Crippen molar-refractivity contribution in [2.75, 3.05) is 16.8 Å². The zero-order valence-corrected chi connectivity index (χ0v) is 14.0. The van der Waals surface area contributed by atoms with Crippen molar-refractivity contribution in [2.24, 2.45) is 0 Å². The molecule has 1 N–H and O–H groups in total. The first-order valence-corrected chi connectivity index (χ1v) is 8.03. The molecule has 8 nitrogen and oxygen atoms in total. The molecule has 2 amide bonds. The van der Waals surface area contributed by atoms with Crippen LogP contribution in [0, 0.1) is 5.21 Å². The largest absolute Gasteiger partial charge is 0.618 e. The van der Waals surface area contributed by atoms with Gasteiger partial charge in [-0.1, -0.05) is 12.1 Å². The number of carbonyl (C=O) groups excluding carboxylic acids is 3. The Morgan fingerprint density at radius 3 is 2.77 bits per heavy atom. The number of pyridine rings is 1. The van der Waals surface area contributed by atoms with Gasteiger partial charge in [0.25, 0.3) is 5.91 Å². The van der Waals surface area contributed by atoms with Gasteiger partial charge in [-0.3, -0.25) is 9.59 Å². The maximum Gasteiger partial charge on any atom is 0.405 e. The topological polar surface area (TPSA) is 103 Å². The Kier molecular flexibility index (Phi) is 4.83. The fraction of sp³-hybridized carbons (Fsp3) is 0.222. The van der Waals surface area contributed by atoms with Crippen molar-refractivity contribution in [2.45, 2.75) is 19.4 Å². The first-order chi connectivity index (χ1) is 12.5. The lowest BCUT2D eigenvalue weighted by Crippen LogP contribution is -2.42. The molecule has 2 aromatic rings. The summed E-state index contributed by atoms with van der Waals surface area (Å²) in [5.74, 6) is -1.57. The lowest BCUT2D eigenvalue weighted by atomic mass is 10.1. The maximum atomic E-state index is 12.7. The van der Waals surface area contributed by atoms with Crippen LogP contribution < -0.4 is 14.9 Å². The number of nitrogens with zero attached hydrogens (tertiary/aromatic N) is 2. The summed E-state index contributed by atoms with van der Waals surface area (Å²) >= 11 is 0. The molecule has 1 aliphatic heterocycles. The molecule has 1 aliphatic rings. The van der Waals surface area contributed by atoms with Crippen LogP contribution in [0.4, 0.5) is 11.4 Å². The molecule has 1 atom stereocenters. The van der Waals surface area contributed by atoms with Gasteiger partial charge in [-0.15, -0.1) is 0 Å². The predicted molar refractivity (Wildman–Crippen MR) is 92.3 cm³/mol. The summed E-state index contributed by atoms with van der Waals surface area (Å²) in [7, 11) is 0. The van der Waals surface area contributed by atoms with Crippen LogP contribution in [0.2, 0.25) is 0 Å². The van der Waals surface area contributed by atoms with Crippen molar-refractivity contribution in [3.8, 4) is 0 Å². The summed E-state index contributed by atoms with van der Waals surface area (Å²) in [6, 6.07) is 10.8. The predicted octanol–water partition coefficient (Wildman–Crippen LogP) is 1.24. The third-order valence-corrected chi connectivity index (χ3v) is 3.99. The van der Waals surface area contributed by atoms with Gasteiger partial charge in [0.1, 0.15) is 0 Å². The van der Waals surface area contributed by atoms with Gasteiger partial charge < -0.3 is 20.2 Å². The number of benzene rings is 1. The van der Waals surface area contributed by atoms with Crippen LogP contribution in [0.3, 0.4) is 0 Å². The van der Waals surface area contributed by atoms with Gasteiger partial charge in [-0.2, -0.15) is 4.73 Å². The second-order valence-corrected chi connectivity index (χ2v) is 5.87. The highest BCUT2D eigenvalue weighted by atomic mass is 16.5. The Hall–Kier alpha value is -3.42.